The number of fused-ring (bicyclic) bond motifs is 1. The molecule has 9 nitrogen and oxygen atoms in total. The molecule has 216 valence electrons. The van der Waals surface area contributed by atoms with Gasteiger partial charge in [-0.25, -0.2) is 4.79 Å². The summed E-state index contributed by atoms with van der Waals surface area (Å²) in [6.45, 7) is 2.28. The maximum atomic E-state index is 14.1. The Labute approximate surface area is 244 Å². The molecule has 0 aliphatic carbocycles. The van der Waals surface area contributed by atoms with E-state index in [-0.39, 0.29) is 5.91 Å². The van der Waals surface area contributed by atoms with Gasteiger partial charge in [0, 0.05) is 6.54 Å². The summed E-state index contributed by atoms with van der Waals surface area (Å²) in [5.41, 5.74) is 3.97. The number of rotatable bonds is 9. The summed E-state index contributed by atoms with van der Waals surface area (Å²) in [6.07, 6.45) is -0.546. The Hall–Kier alpha value is -5.18. The molecule has 0 radical (unpaired) electrons. The average Bonchev–Trinajstić information content (AvgIpc) is 3.02. The molecule has 1 N–H and O–H groups in total. The van der Waals surface area contributed by atoms with E-state index in [0.717, 1.165) is 16.7 Å². The fraction of sp³-hybridized carbons (Fsp3) is 0.212. The van der Waals surface area contributed by atoms with Gasteiger partial charge in [-0.05, 0) is 53.9 Å². The Bertz CT molecular complexity index is 1600. The number of hydrogen-bond donors (Lipinski definition) is 1. The Kier molecular flexibility index (Phi) is 8.19. The molecule has 5 rings (SSSR count). The van der Waals surface area contributed by atoms with E-state index >= 15 is 0 Å². The van der Waals surface area contributed by atoms with Crippen molar-refractivity contribution in [3.8, 4) is 28.7 Å². The van der Waals surface area contributed by atoms with Crippen LogP contribution < -0.4 is 24.3 Å². The smallest absolute Gasteiger partial charge is 0.341 e. The highest BCUT2D eigenvalue weighted by molar-refractivity contribution is 6.04. The Morgan fingerprint density at radius 1 is 0.833 bits per heavy atom. The number of hydrogen-bond acceptors (Lipinski definition) is 8. The first-order valence-corrected chi connectivity index (χ1v) is 13.3. The summed E-state index contributed by atoms with van der Waals surface area (Å²) in [6, 6.07) is 24.1. The number of aryl methyl sites for hydroxylation is 1. The molecule has 0 saturated carbocycles. The topological polar surface area (TPSA) is 95.6 Å². The number of esters is 1. The molecule has 0 saturated heterocycles. The van der Waals surface area contributed by atoms with Crippen LogP contribution in [0.5, 0.6) is 28.7 Å². The first-order chi connectivity index (χ1) is 20.4. The molecule has 1 heterocycles. The number of carbonyl (C=O) groups is 2. The zero-order valence-corrected chi connectivity index (χ0v) is 24.1. The van der Waals surface area contributed by atoms with Crippen molar-refractivity contribution in [2.45, 2.75) is 19.6 Å². The molecule has 1 aliphatic heterocycles. The number of anilines is 1. The van der Waals surface area contributed by atoms with Crippen molar-refractivity contribution in [2.24, 2.45) is 0 Å². The summed E-state index contributed by atoms with van der Waals surface area (Å²) in [5, 5.41) is 3.51. The summed E-state index contributed by atoms with van der Waals surface area (Å²) < 4.78 is 27.8. The van der Waals surface area contributed by atoms with Gasteiger partial charge in [0.05, 0.1) is 39.7 Å². The van der Waals surface area contributed by atoms with Gasteiger partial charge in [-0.1, -0.05) is 48.5 Å². The second-order valence-corrected chi connectivity index (χ2v) is 9.70. The molecule has 9 heteroatoms. The fourth-order valence-electron chi connectivity index (χ4n) is 5.00. The molecule has 1 atom stereocenters. The second kappa shape index (κ2) is 12.1. The van der Waals surface area contributed by atoms with Crippen LogP contribution in [0.4, 0.5) is 5.69 Å². The van der Waals surface area contributed by atoms with Gasteiger partial charge in [-0.15, -0.1) is 0 Å². The number of nitrogens with one attached hydrogen (secondary N) is 1. The molecule has 1 aliphatic rings. The lowest BCUT2D eigenvalue weighted by atomic mass is 10.0. The number of nitrogens with zero attached hydrogens (tertiary/aromatic N) is 1. The molecule has 1 unspecified atom stereocenters. The van der Waals surface area contributed by atoms with Gasteiger partial charge in [0.1, 0.15) is 23.2 Å². The number of ether oxygens (including phenoxy) is 5. The van der Waals surface area contributed by atoms with Crippen molar-refractivity contribution in [1.29, 1.82) is 0 Å². The van der Waals surface area contributed by atoms with Gasteiger partial charge in [-0.3, -0.25) is 4.79 Å². The predicted molar refractivity (Wildman–Crippen MR) is 158 cm³/mol. The van der Waals surface area contributed by atoms with Gasteiger partial charge in [-0.2, -0.15) is 0 Å². The van der Waals surface area contributed by atoms with Crippen LogP contribution in [0.3, 0.4) is 0 Å². The van der Waals surface area contributed by atoms with Gasteiger partial charge in [0.25, 0.3) is 5.91 Å². The van der Waals surface area contributed by atoms with E-state index in [0.29, 0.717) is 52.1 Å². The van der Waals surface area contributed by atoms with Crippen LogP contribution in [-0.2, 0) is 11.3 Å². The third-order valence-corrected chi connectivity index (χ3v) is 7.08. The first-order valence-electron chi connectivity index (χ1n) is 13.3. The van der Waals surface area contributed by atoms with Gasteiger partial charge < -0.3 is 33.9 Å². The predicted octanol–water partition coefficient (Wildman–Crippen LogP) is 6.37. The van der Waals surface area contributed by atoms with Crippen LogP contribution in [0.15, 0.2) is 78.9 Å². The number of carbonyl (C=O) groups excluding carboxylic acids is 2. The monoisotopic (exact) mass is 568 g/mol. The van der Waals surface area contributed by atoms with Crippen LogP contribution in [0.2, 0.25) is 0 Å². The molecule has 4 aromatic rings. The highest BCUT2D eigenvalue weighted by atomic mass is 16.5. The van der Waals surface area contributed by atoms with Gasteiger partial charge in [0.15, 0.2) is 11.5 Å². The van der Waals surface area contributed by atoms with Gasteiger partial charge >= 0.3 is 5.97 Å². The first kappa shape index (κ1) is 28.4. The normalized spacial score (nSPS) is 14.0. The molecule has 0 bridgehead atoms. The van der Waals surface area contributed by atoms with Crippen molar-refractivity contribution in [2.75, 3.05) is 33.8 Å². The van der Waals surface area contributed by atoms with Crippen LogP contribution in [0.1, 0.15) is 43.6 Å². The van der Waals surface area contributed by atoms with E-state index in [1.807, 2.05) is 55.5 Å². The molecule has 4 aromatic carbocycles. The van der Waals surface area contributed by atoms with E-state index in [4.69, 9.17) is 23.7 Å². The van der Waals surface area contributed by atoms with E-state index in [1.165, 1.54) is 28.4 Å². The molecule has 0 aromatic heterocycles. The van der Waals surface area contributed by atoms with Crippen LogP contribution in [-0.4, -0.2) is 45.2 Å². The molecule has 42 heavy (non-hydrogen) atoms. The third-order valence-electron chi connectivity index (χ3n) is 7.08. The maximum absolute atomic E-state index is 14.1. The number of amides is 1. The van der Waals surface area contributed by atoms with Crippen molar-refractivity contribution in [1.82, 2.24) is 4.90 Å². The van der Waals surface area contributed by atoms with Crippen LogP contribution >= 0.6 is 0 Å². The van der Waals surface area contributed by atoms with Crippen molar-refractivity contribution in [3.05, 3.63) is 107 Å². The standard InChI is InChI=1S/C33H32N2O7/c1-20-11-16-24(33(37)41-5)26(17-20)42-23-14-12-22(13-15-23)31-34-28-25(18-27(38-2)29(39-3)30(28)40-4)32(36)35(31)19-21-9-7-6-8-10-21/h6-18,31,34H,19H2,1-5H3. The summed E-state index contributed by atoms with van der Waals surface area (Å²) in [7, 11) is 5.90. The molecule has 0 fully saturated rings. The maximum Gasteiger partial charge on any atom is 0.341 e. The zero-order chi connectivity index (χ0) is 29.8. The SMILES string of the molecule is COC(=O)c1ccc(C)cc1Oc1ccc(C2Nc3c(cc(OC)c(OC)c3OC)C(=O)N2Cc2ccccc2)cc1. The number of benzene rings is 4. The third kappa shape index (κ3) is 5.41. The summed E-state index contributed by atoms with van der Waals surface area (Å²) in [5.74, 6) is 1.39. The zero-order valence-electron chi connectivity index (χ0n) is 24.1. The minimum atomic E-state index is -0.546. The van der Waals surface area contributed by atoms with E-state index < -0.39 is 12.1 Å². The minimum absolute atomic E-state index is 0.195. The highest BCUT2D eigenvalue weighted by Crippen LogP contribution is 2.49. The fourth-order valence-corrected chi connectivity index (χ4v) is 5.00. The van der Waals surface area contributed by atoms with Crippen molar-refractivity contribution in [3.63, 3.8) is 0 Å². The minimum Gasteiger partial charge on any atom is -0.493 e. The van der Waals surface area contributed by atoms with E-state index in [9.17, 15) is 9.59 Å². The molecular weight excluding hydrogens is 536 g/mol. The Morgan fingerprint density at radius 3 is 2.19 bits per heavy atom. The molecule has 1 amide bonds. The summed E-state index contributed by atoms with van der Waals surface area (Å²) in [4.78, 5) is 28.1. The van der Waals surface area contributed by atoms with Crippen molar-refractivity contribution < 1.29 is 33.3 Å². The second-order valence-electron chi connectivity index (χ2n) is 9.70. The van der Waals surface area contributed by atoms with Crippen LogP contribution in [0.25, 0.3) is 0 Å². The highest BCUT2D eigenvalue weighted by Gasteiger charge is 2.37. The largest absolute Gasteiger partial charge is 0.493 e. The van der Waals surface area contributed by atoms with E-state index in [2.05, 4.69) is 5.32 Å². The number of methoxy groups -OCH3 is 4. The average molecular weight is 569 g/mol. The lowest BCUT2D eigenvalue weighted by Gasteiger charge is -2.39. The quantitative estimate of drug-likeness (QED) is 0.233. The Balaban J connectivity index is 1.54. The Morgan fingerprint density at radius 2 is 1.55 bits per heavy atom. The molecular formula is C33H32N2O7. The van der Waals surface area contributed by atoms with Crippen molar-refractivity contribution >= 4 is 17.6 Å². The lowest BCUT2D eigenvalue weighted by Crippen LogP contribution is -2.42. The lowest BCUT2D eigenvalue weighted by molar-refractivity contribution is 0.0597. The van der Waals surface area contributed by atoms with Gasteiger partial charge in [0.2, 0.25) is 5.75 Å². The summed E-state index contributed by atoms with van der Waals surface area (Å²) >= 11 is 0. The van der Waals surface area contributed by atoms with Crippen LogP contribution in [0, 0.1) is 6.92 Å². The van der Waals surface area contributed by atoms with E-state index in [1.54, 1.807) is 35.2 Å². The molecule has 0 spiro atoms.